The number of hydrogen-bond acceptors (Lipinski definition) is 2. The lowest BCUT2D eigenvalue weighted by Gasteiger charge is -2.24. The number of halogens is 2. The van der Waals surface area contributed by atoms with E-state index < -0.39 is 11.6 Å². The van der Waals surface area contributed by atoms with E-state index in [9.17, 15) is 8.78 Å². The Balaban J connectivity index is 2.50. The minimum absolute atomic E-state index is 0.0460. The second-order valence-electron chi connectivity index (χ2n) is 3.30. The third-order valence-electron chi connectivity index (χ3n) is 2.45. The molecule has 0 saturated heterocycles. The van der Waals surface area contributed by atoms with Crippen LogP contribution in [0.3, 0.4) is 0 Å². The van der Waals surface area contributed by atoms with Crippen LogP contribution in [0.15, 0.2) is 12.1 Å². The van der Waals surface area contributed by atoms with Crippen molar-refractivity contribution in [2.45, 2.75) is 12.3 Å². The molecule has 0 amide bonds. The average molecular weight is 200 g/mol. The van der Waals surface area contributed by atoms with Gasteiger partial charge >= 0.3 is 0 Å². The molecule has 0 bridgehead atoms. The van der Waals surface area contributed by atoms with Gasteiger partial charge in [0, 0.05) is 11.5 Å². The maximum Gasteiger partial charge on any atom is 0.200 e. The molecule has 1 N–H and O–H groups in total. The number of fused-ring (bicyclic) bond motifs is 1. The third kappa shape index (κ3) is 1.35. The van der Waals surface area contributed by atoms with E-state index in [1.807, 2.05) is 0 Å². The zero-order valence-electron chi connectivity index (χ0n) is 7.46. The highest BCUT2D eigenvalue weighted by Crippen LogP contribution is 2.36. The SMILES string of the molecule is OCC1CCOc2c1ccc(F)c2F. The Bertz CT molecular complexity index is 352. The summed E-state index contributed by atoms with van der Waals surface area (Å²) in [5, 5.41) is 9.03. The quantitative estimate of drug-likeness (QED) is 0.749. The normalized spacial score (nSPS) is 20.1. The Morgan fingerprint density at radius 2 is 2.21 bits per heavy atom. The van der Waals surface area contributed by atoms with Crippen molar-refractivity contribution in [1.29, 1.82) is 0 Å². The standard InChI is InChI=1S/C10H10F2O2/c11-8-2-1-7-6(5-13)3-4-14-10(7)9(8)12/h1-2,6,13H,3-5H2. The van der Waals surface area contributed by atoms with Gasteiger partial charge in [-0.05, 0) is 12.5 Å². The predicted molar refractivity (Wildman–Crippen MR) is 46.3 cm³/mol. The molecule has 1 aromatic carbocycles. The highest BCUT2D eigenvalue weighted by atomic mass is 19.2. The monoisotopic (exact) mass is 200 g/mol. The van der Waals surface area contributed by atoms with Crippen molar-refractivity contribution in [1.82, 2.24) is 0 Å². The predicted octanol–water partition coefficient (Wildman–Crippen LogP) is 1.82. The van der Waals surface area contributed by atoms with Gasteiger partial charge in [0.15, 0.2) is 11.6 Å². The molecule has 0 fully saturated rings. The van der Waals surface area contributed by atoms with Gasteiger partial charge in [-0.3, -0.25) is 0 Å². The number of ether oxygens (including phenoxy) is 1. The molecule has 1 heterocycles. The zero-order chi connectivity index (χ0) is 10.1. The summed E-state index contributed by atoms with van der Waals surface area (Å²) in [4.78, 5) is 0. The summed E-state index contributed by atoms with van der Waals surface area (Å²) in [7, 11) is 0. The van der Waals surface area contributed by atoms with Crippen molar-refractivity contribution in [3.05, 3.63) is 29.3 Å². The lowest BCUT2D eigenvalue weighted by atomic mass is 9.94. The van der Waals surface area contributed by atoms with E-state index in [2.05, 4.69) is 0 Å². The molecule has 1 aromatic rings. The van der Waals surface area contributed by atoms with Gasteiger partial charge in [-0.25, -0.2) is 4.39 Å². The highest BCUT2D eigenvalue weighted by molar-refractivity contribution is 5.39. The van der Waals surface area contributed by atoms with Crippen molar-refractivity contribution >= 4 is 0 Å². The fourth-order valence-corrected chi connectivity index (χ4v) is 1.66. The first kappa shape index (κ1) is 9.40. The second-order valence-corrected chi connectivity index (χ2v) is 3.30. The molecule has 14 heavy (non-hydrogen) atoms. The van der Waals surface area contributed by atoms with Gasteiger partial charge in [-0.2, -0.15) is 4.39 Å². The lowest BCUT2D eigenvalue weighted by molar-refractivity contribution is 0.197. The van der Waals surface area contributed by atoms with E-state index in [1.54, 1.807) is 0 Å². The van der Waals surface area contributed by atoms with Gasteiger partial charge < -0.3 is 9.84 Å². The molecule has 0 aliphatic carbocycles. The van der Waals surface area contributed by atoms with Crippen LogP contribution in [0.2, 0.25) is 0 Å². The van der Waals surface area contributed by atoms with E-state index in [1.165, 1.54) is 6.07 Å². The van der Waals surface area contributed by atoms with Gasteiger partial charge in [0.1, 0.15) is 0 Å². The summed E-state index contributed by atoms with van der Waals surface area (Å²) >= 11 is 0. The maximum absolute atomic E-state index is 13.2. The van der Waals surface area contributed by atoms with Gasteiger partial charge in [0.05, 0.1) is 13.2 Å². The van der Waals surface area contributed by atoms with Crippen LogP contribution in [0.25, 0.3) is 0 Å². The molecule has 0 spiro atoms. The van der Waals surface area contributed by atoms with E-state index in [-0.39, 0.29) is 18.3 Å². The number of hydrogen-bond donors (Lipinski definition) is 1. The van der Waals surface area contributed by atoms with Crippen LogP contribution in [-0.2, 0) is 0 Å². The first-order valence-electron chi connectivity index (χ1n) is 4.45. The van der Waals surface area contributed by atoms with Crippen LogP contribution < -0.4 is 4.74 Å². The lowest BCUT2D eigenvalue weighted by Crippen LogP contribution is -2.18. The fraction of sp³-hybridized carbons (Fsp3) is 0.400. The van der Waals surface area contributed by atoms with Gasteiger partial charge in [-0.15, -0.1) is 0 Å². The summed E-state index contributed by atoms with van der Waals surface area (Å²) in [5.74, 6) is -2.06. The van der Waals surface area contributed by atoms with Crippen LogP contribution in [0.1, 0.15) is 17.9 Å². The van der Waals surface area contributed by atoms with Gasteiger partial charge in [-0.1, -0.05) is 6.07 Å². The molecule has 2 nitrogen and oxygen atoms in total. The van der Waals surface area contributed by atoms with Crippen LogP contribution in [0.5, 0.6) is 5.75 Å². The number of aliphatic hydroxyl groups is 1. The number of rotatable bonds is 1. The molecule has 1 aliphatic rings. The van der Waals surface area contributed by atoms with Crippen molar-refractivity contribution in [3.8, 4) is 5.75 Å². The second kappa shape index (κ2) is 3.53. The van der Waals surface area contributed by atoms with Gasteiger partial charge in [0.25, 0.3) is 0 Å². The molecule has 1 aliphatic heterocycles. The number of aliphatic hydroxyl groups excluding tert-OH is 1. The van der Waals surface area contributed by atoms with Crippen molar-refractivity contribution in [2.75, 3.05) is 13.2 Å². The van der Waals surface area contributed by atoms with Gasteiger partial charge in [0.2, 0.25) is 5.82 Å². The Morgan fingerprint density at radius 3 is 2.93 bits per heavy atom. The van der Waals surface area contributed by atoms with E-state index in [0.29, 0.717) is 18.6 Å². The summed E-state index contributed by atoms with van der Waals surface area (Å²) < 4.78 is 31.1. The molecule has 0 aromatic heterocycles. The summed E-state index contributed by atoms with van der Waals surface area (Å²) in [5.41, 5.74) is 0.553. The molecule has 2 rings (SSSR count). The topological polar surface area (TPSA) is 29.5 Å². The first-order chi connectivity index (χ1) is 6.74. The minimum atomic E-state index is -0.958. The molecule has 1 atom stereocenters. The molecular formula is C10H10F2O2. The van der Waals surface area contributed by atoms with Crippen molar-refractivity contribution < 1.29 is 18.6 Å². The van der Waals surface area contributed by atoms with Crippen molar-refractivity contribution in [3.63, 3.8) is 0 Å². The van der Waals surface area contributed by atoms with Crippen LogP contribution in [0.4, 0.5) is 8.78 Å². The highest BCUT2D eigenvalue weighted by Gasteiger charge is 2.25. The van der Waals surface area contributed by atoms with Crippen LogP contribution >= 0.6 is 0 Å². The van der Waals surface area contributed by atoms with E-state index in [4.69, 9.17) is 9.84 Å². The molecule has 76 valence electrons. The molecular weight excluding hydrogens is 190 g/mol. The van der Waals surface area contributed by atoms with E-state index >= 15 is 0 Å². The summed E-state index contributed by atoms with van der Waals surface area (Å²) in [6.45, 7) is 0.250. The third-order valence-corrected chi connectivity index (χ3v) is 2.45. The molecule has 1 unspecified atom stereocenters. The Morgan fingerprint density at radius 1 is 1.43 bits per heavy atom. The van der Waals surface area contributed by atoms with Crippen LogP contribution in [0, 0.1) is 11.6 Å². The number of benzene rings is 1. The van der Waals surface area contributed by atoms with E-state index in [0.717, 1.165) is 6.07 Å². The maximum atomic E-state index is 13.2. The average Bonchev–Trinajstić information content (AvgIpc) is 2.23. The Labute approximate surface area is 80.1 Å². The first-order valence-corrected chi connectivity index (χ1v) is 4.45. The van der Waals surface area contributed by atoms with Crippen LogP contribution in [-0.4, -0.2) is 18.3 Å². The molecule has 4 heteroatoms. The molecule has 0 saturated carbocycles. The summed E-state index contributed by atoms with van der Waals surface area (Å²) in [6.07, 6.45) is 0.634. The van der Waals surface area contributed by atoms with Crippen molar-refractivity contribution in [2.24, 2.45) is 0 Å². The molecule has 0 radical (unpaired) electrons. The Kier molecular flexibility index (Phi) is 2.37. The fourth-order valence-electron chi connectivity index (χ4n) is 1.66. The zero-order valence-corrected chi connectivity index (χ0v) is 7.46. The summed E-state index contributed by atoms with van der Waals surface area (Å²) in [6, 6.07) is 2.53. The Hall–Kier alpha value is -1.16. The minimum Gasteiger partial charge on any atom is -0.490 e. The smallest absolute Gasteiger partial charge is 0.200 e. The largest absolute Gasteiger partial charge is 0.490 e.